The van der Waals surface area contributed by atoms with Gasteiger partial charge in [0.15, 0.2) is 6.61 Å². The van der Waals surface area contributed by atoms with E-state index in [1.54, 1.807) is 18.2 Å². The number of benzene rings is 3. The number of imide groups is 1. The van der Waals surface area contributed by atoms with Crippen molar-refractivity contribution in [3.8, 4) is 11.3 Å². The van der Waals surface area contributed by atoms with E-state index in [0.717, 1.165) is 28.8 Å². The smallest absolute Gasteiger partial charge is 0.416 e. The van der Waals surface area contributed by atoms with Crippen molar-refractivity contribution in [2.45, 2.75) is 23.0 Å². The molecule has 2 amide bonds. The van der Waals surface area contributed by atoms with Crippen LogP contribution in [-0.2, 0) is 20.5 Å². The minimum absolute atomic E-state index is 0.0647. The lowest BCUT2D eigenvalue weighted by Crippen LogP contribution is -2.31. The van der Waals surface area contributed by atoms with E-state index in [1.807, 2.05) is 0 Å². The van der Waals surface area contributed by atoms with Gasteiger partial charge in [-0.2, -0.15) is 18.3 Å². The van der Waals surface area contributed by atoms with E-state index in [1.165, 1.54) is 48.7 Å². The molecule has 1 aromatic heterocycles. The maximum atomic E-state index is 13.1. The number of alkyl halides is 3. The number of hydrogen-bond donors (Lipinski definition) is 0. The Morgan fingerprint density at radius 3 is 2.37 bits per heavy atom. The summed E-state index contributed by atoms with van der Waals surface area (Å²) < 4.78 is 43.7. The largest absolute Gasteiger partial charge is 0.454 e. The molecule has 0 aliphatic carbocycles. The Balaban J connectivity index is 1.22. The van der Waals surface area contributed by atoms with Crippen molar-refractivity contribution in [2.24, 2.45) is 0 Å². The second kappa shape index (κ2) is 12.3. The predicted octanol–water partition coefficient (Wildman–Crippen LogP) is 5.67. The van der Waals surface area contributed by atoms with Gasteiger partial charge in [0, 0.05) is 17.5 Å². The maximum absolute atomic E-state index is 13.1. The minimum atomic E-state index is -4.48. The van der Waals surface area contributed by atoms with Gasteiger partial charge in [0.05, 0.1) is 33.7 Å². The van der Waals surface area contributed by atoms with Crippen LogP contribution in [0.1, 0.15) is 32.7 Å². The molecule has 0 radical (unpaired) electrons. The molecular weight excluding hydrogens is 609 g/mol. The molecule has 1 atom stereocenters. The molecule has 4 aromatic rings. The zero-order valence-corrected chi connectivity index (χ0v) is 23.3. The minimum Gasteiger partial charge on any atom is -0.454 e. The normalized spacial score (nSPS) is 15.1. The molecule has 218 valence electrons. The van der Waals surface area contributed by atoms with E-state index >= 15 is 0 Å². The van der Waals surface area contributed by atoms with E-state index in [4.69, 9.17) is 16.3 Å². The van der Waals surface area contributed by atoms with Crippen molar-refractivity contribution in [1.29, 1.82) is 0 Å². The monoisotopic (exact) mass is 626 g/mol. The molecular formula is C29H18ClF3N4O5S. The highest BCUT2D eigenvalue weighted by Gasteiger charge is 2.41. The summed E-state index contributed by atoms with van der Waals surface area (Å²) in [6, 6.07) is 16.2. The van der Waals surface area contributed by atoms with Crippen LogP contribution in [0, 0.1) is 0 Å². The first-order valence-corrected chi connectivity index (χ1v) is 13.7. The predicted molar refractivity (Wildman–Crippen MR) is 150 cm³/mol. The van der Waals surface area contributed by atoms with Gasteiger partial charge in [-0.25, -0.2) is 14.7 Å². The van der Waals surface area contributed by atoms with Gasteiger partial charge in [0.1, 0.15) is 5.25 Å². The first-order valence-electron chi connectivity index (χ1n) is 12.5. The Bertz CT molecular complexity index is 1720. The SMILES string of the molecule is O=C(OCC(=O)c1ccccc1Cl)c1ccc(N2C(=O)CC(Sc3nncc(-c4ccc(C(F)(F)F)cc4)n3)C2=O)cc1. The summed E-state index contributed by atoms with van der Waals surface area (Å²) in [6.07, 6.45) is -3.36. The molecule has 1 aliphatic heterocycles. The van der Waals surface area contributed by atoms with Crippen molar-refractivity contribution >= 4 is 52.6 Å². The Labute approximate surface area is 251 Å². The molecule has 1 aliphatic rings. The third-order valence-electron chi connectivity index (χ3n) is 6.27. The highest BCUT2D eigenvalue weighted by Crippen LogP contribution is 2.34. The standard InChI is InChI=1S/C29H18ClF3N4O5S/c30-21-4-2-1-3-20(21)23(38)15-42-27(41)17-7-11-19(12-8-17)37-25(39)13-24(26(37)40)43-28-35-22(14-34-36-28)16-5-9-18(10-6-16)29(31,32)33/h1-12,14,24H,13,15H2. The van der Waals surface area contributed by atoms with E-state index < -0.39 is 47.2 Å². The van der Waals surface area contributed by atoms with Gasteiger partial charge in [-0.1, -0.05) is 47.6 Å². The summed E-state index contributed by atoms with van der Waals surface area (Å²) in [5.41, 5.74) is 0.345. The second-order valence-electron chi connectivity index (χ2n) is 9.10. The summed E-state index contributed by atoms with van der Waals surface area (Å²) in [6.45, 7) is -0.524. The van der Waals surface area contributed by atoms with Crippen molar-refractivity contribution in [1.82, 2.24) is 15.2 Å². The molecule has 43 heavy (non-hydrogen) atoms. The number of amides is 2. The molecule has 0 spiro atoms. The van der Waals surface area contributed by atoms with Crippen LogP contribution in [-0.4, -0.2) is 50.6 Å². The third-order valence-corrected chi connectivity index (χ3v) is 7.64. The molecule has 9 nitrogen and oxygen atoms in total. The number of Topliss-reactive ketones (excluding diaryl/α,β-unsaturated/α-hetero) is 1. The highest BCUT2D eigenvalue weighted by atomic mass is 35.5. The first-order chi connectivity index (χ1) is 20.5. The number of ketones is 1. The van der Waals surface area contributed by atoms with Crippen LogP contribution in [0.3, 0.4) is 0 Å². The number of halogens is 4. The van der Waals surface area contributed by atoms with E-state index in [0.29, 0.717) is 5.56 Å². The number of hydrogen-bond acceptors (Lipinski definition) is 9. The lowest BCUT2D eigenvalue weighted by Gasteiger charge is -2.15. The molecule has 3 aromatic carbocycles. The summed E-state index contributed by atoms with van der Waals surface area (Å²) in [4.78, 5) is 55.9. The van der Waals surface area contributed by atoms with Gasteiger partial charge in [-0.05, 0) is 48.5 Å². The molecule has 2 heterocycles. The average Bonchev–Trinajstić information content (AvgIpc) is 3.27. The number of carbonyl (C=O) groups is 4. The molecule has 0 saturated carbocycles. The molecule has 1 unspecified atom stereocenters. The van der Waals surface area contributed by atoms with Gasteiger partial charge in [-0.3, -0.25) is 14.4 Å². The maximum Gasteiger partial charge on any atom is 0.416 e. The summed E-state index contributed by atoms with van der Waals surface area (Å²) in [5.74, 6) is -2.29. The number of anilines is 1. The van der Waals surface area contributed by atoms with Crippen LogP contribution in [0.2, 0.25) is 5.02 Å². The number of nitrogens with zero attached hydrogens (tertiary/aromatic N) is 4. The molecule has 1 fully saturated rings. The number of ether oxygens (including phenoxy) is 1. The first kappa shape index (κ1) is 29.9. The number of thioether (sulfide) groups is 1. The van der Waals surface area contributed by atoms with E-state index in [2.05, 4.69) is 15.2 Å². The second-order valence-corrected chi connectivity index (χ2v) is 10.7. The van der Waals surface area contributed by atoms with Gasteiger partial charge < -0.3 is 4.74 Å². The molecule has 0 N–H and O–H groups in total. The number of aromatic nitrogens is 3. The van der Waals surface area contributed by atoms with Gasteiger partial charge in [0.25, 0.3) is 0 Å². The zero-order valence-electron chi connectivity index (χ0n) is 21.7. The highest BCUT2D eigenvalue weighted by molar-refractivity contribution is 8.00. The quantitative estimate of drug-likeness (QED) is 0.138. The van der Waals surface area contributed by atoms with Crippen molar-refractivity contribution < 1.29 is 37.1 Å². The van der Waals surface area contributed by atoms with Crippen molar-refractivity contribution in [2.75, 3.05) is 11.5 Å². The number of rotatable bonds is 8. The topological polar surface area (TPSA) is 119 Å². The molecule has 1 saturated heterocycles. The number of esters is 1. The zero-order chi connectivity index (χ0) is 30.7. The van der Waals surface area contributed by atoms with Crippen LogP contribution in [0.4, 0.5) is 18.9 Å². The summed E-state index contributed by atoms with van der Waals surface area (Å²) >= 11 is 6.90. The van der Waals surface area contributed by atoms with Crippen molar-refractivity contribution in [3.05, 3.63) is 101 Å². The molecule has 5 rings (SSSR count). The Morgan fingerprint density at radius 2 is 1.70 bits per heavy atom. The summed E-state index contributed by atoms with van der Waals surface area (Å²) in [5, 5.41) is 7.14. The van der Waals surface area contributed by atoms with Crippen LogP contribution >= 0.6 is 23.4 Å². The van der Waals surface area contributed by atoms with Crippen LogP contribution in [0.25, 0.3) is 11.3 Å². The average molecular weight is 627 g/mol. The fraction of sp³-hybridized carbons (Fsp3) is 0.138. The fourth-order valence-corrected chi connectivity index (χ4v) is 5.30. The fourth-order valence-electron chi connectivity index (χ4n) is 4.13. The molecule has 14 heteroatoms. The van der Waals surface area contributed by atoms with Gasteiger partial charge in [0.2, 0.25) is 22.8 Å². The lowest BCUT2D eigenvalue weighted by molar-refractivity contribution is -0.137. The third kappa shape index (κ3) is 6.73. The van der Waals surface area contributed by atoms with Gasteiger partial charge >= 0.3 is 12.1 Å². The molecule has 0 bridgehead atoms. The number of carbonyl (C=O) groups excluding carboxylic acids is 4. The van der Waals surface area contributed by atoms with Crippen molar-refractivity contribution in [3.63, 3.8) is 0 Å². The Morgan fingerprint density at radius 1 is 1.00 bits per heavy atom. The van der Waals surface area contributed by atoms with Crippen LogP contribution in [0.5, 0.6) is 0 Å². The van der Waals surface area contributed by atoms with Crippen LogP contribution < -0.4 is 4.90 Å². The lowest BCUT2D eigenvalue weighted by atomic mass is 10.1. The summed E-state index contributed by atoms with van der Waals surface area (Å²) in [7, 11) is 0. The van der Waals surface area contributed by atoms with Crippen LogP contribution in [0.15, 0.2) is 84.1 Å². The van der Waals surface area contributed by atoms with E-state index in [-0.39, 0.29) is 39.1 Å². The van der Waals surface area contributed by atoms with E-state index in [9.17, 15) is 32.3 Å². The Kier molecular flexibility index (Phi) is 8.55. The Hall–Kier alpha value is -4.62. The van der Waals surface area contributed by atoms with Gasteiger partial charge in [-0.15, -0.1) is 5.10 Å².